The van der Waals surface area contributed by atoms with E-state index in [0.29, 0.717) is 34.5 Å². The third kappa shape index (κ3) is 3.55. The van der Waals surface area contributed by atoms with E-state index in [4.69, 9.17) is 8.94 Å². The number of hydrogen-bond acceptors (Lipinski definition) is 6. The molecule has 3 heterocycles. The molecule has 2 aromatic carbocycles. The van der Waals surface area contributed by atoms with Crippen LogP contribution < -0.4 is 5.32 Å². The van der Waals surface area contributed by atoms with Gasteiger partial charge in [0.2, 0.25) is 11.7 Å². The Bertz CT molecular complexity index is 1250. The van der Waals surface area contributed by atoms with Crippen molar-refractivity contribution in [3.8, 4) is 11.6 Å². The predicted octanol–water partition coefficient (Wildman–Crippen LogP) is 5.39. The first-order chi connectivity index (χ1) is 14.3. The molecule has 1 N–H and O–H groups in total. The Labute approximate surface area is 169 Å². The third-order valence-corrected chi connectivity index (χ3v) is 5.58. The Morgan fingerprint density at radius 3 is 2.76 bits per heavy atom. The van der Waals surface area contributed by atoms with Crippen LogP contribution in [0.4, 0.5) is 5.69 Å². The summed E-state index contributed by atoms with van der Waals surface area (Å²) in [4.78, 5) is 17.8. The van der Waals surface area contributed by atoms with Crippen LogP contribution in [0.15, 0.2) is 81.9 Å². The number of fused-ring (bicyclic) bond motifs is 1. The average molecular weight is 401 g/mol. The van der Waals surface area contributed by atoms with Gasteiger partial charge in [-0.25, -0.2) is 0 Å². The molecule has 0 saturated carbocycles. The first kappa shape index (κ1) is 17.4. The molecule has 0 spiro atoms. The van der Waals surface area contributed by atoms with Gasteiger partial charge in [0.05, 0.1) is 17.6 Å². The highest BCUT2D eigenvalue weighted by atomic mass is 32.1. The summed E-state index contributed by atoms with van der Waals surface area (Å²) in [5.74, 6) is 1.25. The van der Waals surface area contributed by atoms with Crippen molar-refractivity contribution in [2.24, 2.45) is 0 Å². The van der Waals surface area contributed by atoms with Crippen molar-refractivity contribution in [2.45, 2.75) is 6.42 Å². The topological polar surface area (TPSA) is 81.2 Å². The Balaban J connectivity index is 1.37. The summed E-state index contributed by atoms with van der Waals surface area (Å²) in [6.45, 7) is 0. The van der Waals surface area contributed by atoms with Gasteiger partial charge in [0.15, 0.2) is 5.76 Å². The molecule has 1 amide bonds. The average Bonchev–Trinajstić information content (AvgIpc) is 3.49. The molecule has 3 aromatic heterocycles. The van der Waals surface area contributed by atoms with Crippen LogP contribution in [-0.2, 0) is 6.42 Å². The predicted molar refractivity (Wildman–Crippen MR) is 111 cm³/mol. The molecule has 0 unspecified atom stereocenters. The minimum absolute atomic E-state index is 0.138. The summed E-state index contributed by atoms with van der Waals surface area (Å²) < 4.78 is 11.7. The number of anilines is 1. The Hall–Kier alpha value is -3.71. The van der Waals surface area contributed by atoms with Gasteiger partial charge in [-0.15, -0.1) is 11.3 Å². The van der Waals surface area contributed by atoms with Gasteiger partial charge in [-0.05, 0) is 41.3 Å². The smallest absolute Gasteiger partial charge is 0.265 e. The first-order valence-electron chi connectivity index (χ1n) is 9.00. The number of hydrogen-bond donors (Lipinski definition) is 1. The second-order valence-electron chi connectivity index (χ2n) is 6.43. The third-order valence-electron chi connectivity index (χ3n) is 4.47. The van der Waals surface area contributed by atoms with Gasteiger partial charge in [0.1, 0.15) is 0 Å². The number of aromatic nitrogens is 2. The van der Waals surface area contributed by atoms with E-state index in [-0.39, 0.29) is 5.91 Å². The number of benzene rings is 2. The molecule has 0 aliphatic rings. The lowest BCUT2D eigenvalue weighted by Gasteiger charge is -2.08. The van der Waals surface area contributed by atoms with Crippen molar-refractivity contribution in [1.29, 1.82) is 0 Å². The van der Waals surface area contributed by atoms with Crippen molar-refractivity contribution in [2.75, 3.05) is 5.32 Å². The van der Waals surface area contributed by atoms with Gasteiger partial charge in [-0.3, -0.25) is 4.79 Å². The summed E-state index contributed by atoms with van der Waals surface area (Å²) in [5.41, 5.74) is 1.60. The van der Waals surface area contributed by atoms with Crippen LogP contribution in [0.5, 0.6) is 0 Å². The number of para-hydroxylation sites is 1. The summed E-state index contributed by atoms with van der Waals surface area (Å²) in [6.07, 6.45) is 1.96. The number of amides is 1. The number of nitrogens with one attached hydrogen (secondary N) is 1. The van der Waals surface area contributed by atoms with Crippen molar-refractivity contribution in [3.63, 3.8) is 0 Å². The maximum absolute atomic E-state index is 12.8. The van der Waals surface area contributed by atoms with Crippen molar-refractivity contribution >= 4 is 33.0 Å². The number of nitrogens with zero attached hydrogens (tertiary/aromatic N) is 2. The number of thiophene rings is 1. The van der Waals surface area contributed by atoms with E-state index in [1.165, 1.54) is 11.3 Å². The molecule has 0 bridgehead atoms. The molecule has 7 heteroatoms. The number of rotatable bonds is 5. The van der Waals surface area contributed by atoms with Gasteiger partial charge in [0, 0.05) is 10.4 Å². The highest BCUT2D eigenvalue weighted by molar-refractivity contribution is 7.20. The number of furan rings is 1. The molecule has 0 fully saturated rings. The molecule has 0 aliphatic carbocycles. The zero-order valence-electron chi connectivity index (χ0n) is 15.2. The number of carbonyl (C=O) groups excluding carboxylic acids is 1. The molecular weight excluding hydrogens is 386 g/mol. The Morgan fingerprint density at radius 2 is 1.90 bits per heavy atom. The van der Waals surface area contributed by atoms with Crippen molar-refractivity contribution in [3.05, 3.63) is 89.3 Å². The Morgan fingerprint density at radius 1 is 1.03 bits per heavy atom. The molecule has 0 saturated heterocycles. The van der Waals surface area contributed by atoms with Crippen LogP contribution in [0, 0.1) is 0 Å². The lowest BCUT2D eigenvalue weighted by molar-refractivity contribution is 0.103. The highest BCUT2D eigenvalue weighted by Crippen LogP contribution is 2.27. The van der Waals surface area contributed by atoms with Crippen molar-refractivity contribution < 1.29 is 13.7 Å². The largest absolute Gasteiger partial charge is 0.461 e. The van der Waals surface area contributed by atoms with Gasteiger partial charge >= 0.3 is 0 Å². The SMILES string of the molecule is O=C(Nc1ccccc1Cc1nc(-c2ccco2)no1)c1cc2ccccc2s1. The molecular formula is C22H15N3O3S. The zero-order chi connectivity index (χ0) is 19.6. The van der Waals surface area contributed by atoms with E-state index in [0.717, 1.165) is 15.6 Å². The quantitative estimate of drug-likeness (QED) is 0.427. The molecule has 5 rings (SSSR count). The lowest BCUT2D eigenvalue weighted by atomic mass is 10.1. The summed E-state index contributed by atoms with van der Waals surface area (Å²) >= 11 is 1.47. The van der Waals surface area contributed by atoms with E-state index in [9.17, 15) is 4.79 Å². The molecule has 0 aliphatic heterocycles. The first-order valence-corrected chi connectivity index (χ1v) is 9.82. The molecule has 6 nitrogen and oxygen atoms in total. The van der Waals surface area contributed by atoms with Crippen LogP contribution >= 0.6 is 11.3 Å². The van der Waals surface area contributed by atoms with Crippen LogP contribution in [0.3, 0.4) is 0 Å². The normalized spacial score (nSPS) is 11.0. The van der Waals surface area contributed by atoms with Gasteiger partial charge in [0.25, 0.3) is 5.91 Å². The molecule has 0 atom stereocenters. The van der Waals surface area contributed by atoms with Gasteiger partial charge in [-0.1, -0.05) is 41.6 Å². The van der Waals surface area contributed by atoms with Crippen LogP contribution in [0.1, 0.15) is 21.1 Å². The lowest BCUT2D eigenvalue weighted by Crippen LogP contribution is -2.12. The highest BCUT2D eigenvalue weighted by Gasteiger charge is 2.15. The number of carbonyl (C=O) groups is 1. The zero-order valence-corrected chi connectivity index (χ0v) is 16.0. The van der Waals surface area contributed by atoms with Crippen LogP contribution in [-0.4, -0.2) is 16.0 Å². The fraction of sp³-hybridized carbons (Fsp3) is 0.0455. The van der Waals surface area contributed by atoms with E-state index in [1.54, 1.807) is 18.4 Å². The second kappa shape index (κ2) is 7.37. The molecule has 29 heavy (non-hydrogen) atoms. The summed E-state index contributed by atoms with van der Waals surface area (Å²) in [6, 6.07) is 21.0. The monoisotopic (exact) mass is 401 g/mol. The van der Waals surface area contributed by atoms with Gasteiger partial charge < -0.3 is 14.3 Å². The fourth-order valence-corrected chi connectivity index (χ4v) is 4.03. The fourth-order valence-electron chi connectivity index (χ4n) is 3.07. The summed E-state index contributed by atoms with van der Waals surface area (Å²) in [7, 11) is 0. The van der Waals surface area contributed by atoms with E-state index >= 15 is 0 Å². The van der Waals surface area contributed by atoms with Crippen LogP contribution in [0.25, 0.3) is 21.7 Å². The van der Waals surface area contributed by atoms with Gasteiger partial charge in [-0.2, -0.15) is 4.98 Å². The minimum atomic E-state index is -0.138. The Kier molecular flexibility index (Phi) is 4.42. The molecule has 142 valence electrons. The van der Waals surface area contributed by atoms with E-state index in [1.807, 2.05) is 54.6 Å². The summed E-state index contributed by atoms with van der Waals surface area (Å²) in [5, 5.41) is 8.02. The molecule has 0 radical (unpaired) electrons. The minimum Gasteiger partial charge on any atom is -0.461 e. The van der Waals surface area contributed by atoms with Crippen molar-refractivity contribution in [1.82, 2.24) is 10.1 Å². The van der Waals surface area contributed by atoms with Crippen LogP contribution in [0.2, 0.25) is 0 Å². The second-order valence-corrected chi connectivity index (χ2v) is 7.51. The standard InChI is InChI=1S/C22H15N3O3S/c26-22(19-12-15-7-2-4-10-18(15)29-19)23-16-8-3-1-6-14(16)13-20-24-21(25-28-20)17-9-5-11-27-17/h1-12H,13H2,(H,23,26). The van der Waals surface area contributed by atoms with E-state index in [2.05, 4.69) is 15.5 Å². The van der Waals surface area contributed by atoms with E-state index < -0.39 is 0 Å². The maximum atomic E-state index is 12.8. The molecule has 5 aromatic rings. The maximum Gasteiger partial charge on any atom is 0.265 e.